The molecule has 0 saturated carbocycles. The summed E-state index contributed by atoms with van der Waals surface area (Å²) in [6, 6.07) is 14.9. The van der Waals surface area contributed by atoms with Gasteiger partial charge in [0.25, 0.3) is 0 Å². The number of rotatable bonds is 9. The van der Waals surface area contributed by atoms with Gasteiger partial charge in [-0.05, 0) is 36.9 Å². The Hall–Kier alpha value is -3.61. The smallest absolute Gasteiger partial charge is 0.374 e. The summed E-state index contributed by atoms with van der Waals surface area (Å²) in [5.74, 6) is -0.811. The maximum atomic E-state index is 13.4. The molecular formula is C25H26FN5O5S. The van der Waals surface area contributed by atoms with E-state index in [9.17, 15) is 17.6 Å². The van der Waals surface area contributed by atoms with Crippen LogP contribution in [0.15, 0.2) is 65.2 Å². The number of sulfonamides is 1. The summed E-state index contributed by atoms with van der Waals surface area (Å²) in [4.78, 5) is 14.2. The Kier molecular flexibility index (Phi) is 7.04. The first-order chi connectivity index (χ1) is 17.8. The molecule has 2 aromatic carbocycles. The predicted molar refractivity (Wildman–Crippen MR) is 133 cm³/mol. The molecule has 1 saturated heterocycles. The van der Waals surface area contributed by atoms with Crippen LogP contribution in [0.2, 0.25) is 0 Å². The molecule has 0 N–H and O–H groups in total. The number of hydrogen-bond acceptors (Lipinski definition) is 8. The van der Waals surface area contributed by atoms with E-state index in [1.54, 1.807) is 42.2 Å². The van der Waals surface area contributed by atoms with E-state index in [-0.39, 0.29) is 43.1 Å². The van der Waals surface area contributed by atoms with Crippen molar-refractivity contribution in [2.24, 2.45) is 0 Å². The van der Waals surface area contributed by atoms with E-state index < -0.39 is 16.0 Å². The lowest BCUT2D eigenvalue weighted by Crippen LogP contribution is -2.38. The molecule has 3 heterocycles. The van der Waals surface area contributed by atoms with Gasteiger partial charge in [0.1, 0.15) is 18.0 Å². The zero-order chi connectivity index (χ0) is 26.0. The molecule has 12 heteroatoms. The number of carbonyl (C=O) groups excluding carboxylic acids is 1. The van der Waals surface area contributed by atoms with E-state index in [4.69, 9.17) is 9.15 Å². The van der Waals surface area contributed by atoms with Crippen molar-refractivity contribution >= 4 is 27.0 Å². The van der Waals surface area contributed by atoms with Gasteiger partial charge >= 0.3 is 5.97 Å². The van der Waals surface area contributed by atoms with E-state index in [1.807, 2.05) is 23.1 Å². The summed E-state index contributed by atoms with van der Waals surface area (Å²) < 4.78 is 52.8. The average molecular weight is 528 g/mol. The number of esters is 1. The molecule has 0 bridgehead atoms. The maximum Gasteiger partial charge on any atom is 0.374 e. The average Bonchev–Trinajstić information content (AvgIpc) is 3.56. The van der Waals surface area contributed by atoms with Crippen molar-refractivity contribution in [2.45, 2.75) is 19.1 Å². The minimum absolute atomic E-state index is 0.0432. The number of fused-ring (bicyclic) bond motifs is 1. The largest absolute Gasteiger partial charge is 0.458 e. The summed E-state index contributed by atoms with van der Waals surface area (Å²) in [6.07, 6.45) is 1.66. The van der Waals surface area contributed by atoms with Crippen molar-refractivity contribution in [2.75, 3.05) is 32.5 Å². The van der Waals surface area contributed by atoms with E-state index in [1.165, 1.54) is 16.4 Å². The van der Waals surface area contributed by atoms with Crippen molar-refractivity contribution in [1.82, 2.24) is 24.2 Å². The highest BCUT2D eigenvalue weighted by Gasteiger charge is 2.38. The zero-order valence-corrected chi connectivity index (χ0v) is 21.0. The molecule has 1 atom stereocenters. The quantitative estimate of drug-likeness (QED) is 0.306. The number of benzene rings is 2. The van der Waals surface area contributed by atoms with E-state index in [2.05, 4.69) is 10.3 Å². The van der Waals surface area contributed by atoms with Crippen molar-refractivity contribution in [3.8, 4) is 0 Å². The second kappa shape index (κ2) is 10.4. The molecule has 0 aliphatic carbocycles. The van der Waals surface area contributed by atoms with Crippen molar-refractivity contribution in [1.29, 1.82) is 0 Å². The summed E-state index contributed by atoms with van der Waals surface area (Å²) in [5.41, 5.74) is 1.84. The lowest BCUT2D eigenvalue weighted by atomic mass is 10.2. The molecule has 37 heavy (non-hydrogen) atoms. The highest BCUT2D eigenvalue weighted by molar-refractivity contribution is 7.89. The lowest BCUT2D eigenvalue weighted by molar-refractivity contribution is 0.0425. The van der Waals surface area contributed by atoms with Crippen LogP contribution in [0.3, 0.4) is 0 Å². The van der Waals surface area contributed by atoms with E-state index in [0.29, 0.717) is 24.4 Å². The maximum absolute atomic E-state index is 13.4. The number of aromatic nitrogens is 3. The van der Waals surface area contributed by atoms with E-state index >= 15 is 0 Å². The first-order valence-corrected chi connectivity index (χ1v) is 13.3. The second-order valence-corrected chi connectivity index (χ2v) is 11.0. The number of para-hydroxylation sites is 1. The van der Waals surface area contributed by atoms with Crippen LogP contribution in [0.1, 0.15) is 21.8 Å². The second-order valence-electron chi connectivity index (χ2n) is 9.03. The number of ether oxygens (including phenoxy) is 1. The minimum atomic E-state index is -3.49. The monoisotopic (exact) mass is 527 g/mol. The zero-order valence-electron chi connectivity index (χ0n) is 20.2. The number of hydrogen-bond donors (Lipinski definition) is 0. The van der Waals surface area contributed by atoms with Crippen molar-refractivity contribution in [3.05, 3.63) is 83.6 Å². The molecule has 10 nitrogen and oxygen atoms in total. The van der Waals surface area contributed by atoms with Crippen molar-refractivity contribution in [3.63, 3.8) is 0 Å². The van der Waals surface area contributed by atoms with Crippen LogP contribution >= 0.6 is 0 Å². The molecular weight excluding hydrogens is 501 g/mol. The number of halogens is 1. The molecule has 2 aromatic heterocycles. The van der Waals surface area contributed by atoms with Gasteiger partial charge in [-0.25, -0.2) is 22.3 Å². The van der Waals surface area contributed by atoms with Gasteiger partial charge in [-0.2, -0.15) is 4.31 Å². The predicted octanol–water partition coefficient (Wildman–Crippen LogP) is 2.51. The number of nitrogens with zero attached hydrogens (tertiary/aromatic N) is 5. The minimum Gasteiger partial charge on any atom is -0.458 e. The van der Waals surface area contributed by atoms with Crippen LogP contribution in [0.5, 0.6) is 0 Å². The highest BCUT2D eigenvalue weighted by atomic mass is 32.2. The fraction of sp³-hybridized carbons (Fsp3) is 0.320. The summed E-state index contributed by atoms with van der Waals surface area (Å²) >= 11 is 0. The van der Waals surface area contributed by atoms with Crippen LogP contribution in [-0.4, -0.2) is 77.1 Å². The van der Waals surface area contributed by atoms with Gasteiger partial charge in [-0.3, -0.25) is 4.90 Å². The third-order valence-corrected chi connectivity index (χ3v) is 8.17. The Labute approximate surface area is 213 Å². The Morgan fingerprint density at radius 3 is 2.84 bits per heavy atom. The Bertz CT molecular complexity index is 1490. The number of furan rings is 1. The lowest BCUT2D eigenvalue weighted by Gasteiger charge is -2.22. The molecule has 1 fully saturated rings. The van der Waals surface area contributed by atoms with Crippen molar-refractivity contribution < 1.29 is 26.8 Å². The molecule has 1 unspecified atom stereocenters. The Morgan fingerprint density at radius 1 is 1.19 bits per heavy atom. The first kappa shape index (κ1) is 25.1. The van der Waals surface area contributed by atoms with Crippen LogP contribution in [0, 0.1) is 5.82 Å². The van der Waals surface area contributed by atoms with Crippen LogP contribution in [-0.2, 0) is 27.8 Å². The SMILES string of the molecule is CN(CCOC(=O)c1cc2ccccc2o1)C1CN(Cc2cn(Cc3cccc(F)c3)nn2)S(=O)(=O)C1. The van der Waals surface area contributed by atoms with E-state index in [0.717, 1.165) is 10.9 Å². The molecule has 0 amide bonds. The summed E-state index contributed by atoms with van der Waals surface area (Å²) in [7, 11) is -1.69. The highest BCUT2D eigenvalue weighted by Crippen LogP contribution is 2.21. The molecule has 1 aliphatic rings. The fourth-order valence-electron chi connectivity index (χ4n) is 4.29. The first-order valence-electron chi connectivity index (χ1n) is 11.7. The van der Waals surface area contributed by atoms with Gasteiger partial charge in [0, 0.05) is 24.5 Å². The number of carbonyl (C=O) groups is 1. The molecule has 0 radical (unpaired) electrons. The Morgan fingerprint density at radius 2 is 2.03 bits per heavy atom. The van der Waals surface area contributed by atoms with Crippen LogP contribution in [0.25, 0.3) is 11.0 Å². The van der Waals surface area contributed by atoms with Gasteiger partial charge in [0.15, 0.2) is 0 Å². The Balaban J connectivity index is 1.12. The summed E-state index contributed by atoms with van der Waals surface area (Å²) in [6.45, 7) is 1.17. The van der Waals surface area contributed by atoms with Gasteiger partial charge in [0.2, 0.25) is 15.8 Å². The molecule has 5 rings (SSSR count). The fourth-order valence-corrected chi connectivity index (χ4v) is 6.07. The molecule has 0 spiro atoms. The van der Waals surface area contributed by atoms with Gasteiger partial charge < -0.3 is 9.15 Å². The topological polar surface area (TPSA) is 111 Å². The molecule has 194 valence electrons. The third kappa shape index (κ3) is 5.87. The molecule has 1 aliphatic heterocycles. The number of likely N-dealkylation sites (N-methyl/N-ethyl adjacent to an activating group) is 1. The van der Waals surface area contributed by atoms with Gasteiger partial charge in [0.05, 0.1) is 30.7 Å². The third-order valence-electron chi connectivity index (χ3n) is 6.30. The van der Waals surface area contributed by atoms with Gasteiger partial charge in [-0.15, -0.1) is 5.10 Å². The standard InChI is InChI=1S/C25H26FN5O5S/c1-29(9-10-35-25(32)24-12-19-6-2-3-8-23(19)36-24)22-16-31(37(33,34)17-22)15-21-14-30(28-27-21)13-18-5-4-7-20(26)11-18/h2-8,11-12,14,22H,9-10,13,15-17H2,1H3. The van der Waals surface area contributed by atoms with Crippen LogP contribution < -0.4 is 0 Å². The normalized spacial score (nSPS) is 17.5. The van der Waals surface area contributed by atoms with Crippen LogP contribution in [0.4, 0.5) is 4.39 Å². The summed E-state index contributed by atoms with van der Waals surface area (Å²) in [5, 5.41) is 8.93. The van der Waals surface area contributed by atoms with Gasteiger partial charge in [-0.1, -0.05) is 35.5 Å². The molecule has 4 aromatic rings.